The minimum atomic E-state index is -0.666. The van der Waals surface area contributed by atoms with Crippen molar-refractivity contribution < 1.29 is 14.3 Å². The van der Waals surface area contributed by atoms with Crippen molar-refractivity contribution >= 4 is 5.91 Å². The molecule has 1 heterocycles. The number of halogens is 1. The molecule has 1 aliphatic heterocycles. The van der Waals surface area contributed by atoms with Gasteiger partial charge < -0.3 is 15.3 Å². The third-order valence-corrected chi connectivity index (χ3v) is 3.67. The van der Waals surface area contributed by atoms with Crippen LogP contribution in [0.2, 0.25) is 0 Å². The third kappa shape index (κ3) is 3.28. The van der Waals surface area contributed by atoms with Gasteiger partial charge >= 0.3 is 0 Å². The van der Waals surface area contributed by atoms with Crippen molar-refractivity contribution in [2.24, 2.45) is 0 Å². The number of phenols is 1. The number of aromatic hydroxyl groups is 1. The first-order valence-electron chi connectivity index (χ1n) is 7.13. The lowest BCUT2D eigenvalue weighted by atomic mass is 10.0. The number of piperidine rings is 1. The molecule has 1 saturated heterocycles. The Morgan fingerprint density at radius 2 is 2.15 bits per heavy atom. The summed E-state index contributed by atoms with van der Waals surface area (Å²) >= 11 is 0. The van der Waals surface area contributed by atoms with E-state index in [1.165, 1.54) is 18.2 Å². The van der Waals surface area contributed by atoms with Gasteiger partial charge in [-0.05, 0) is 37.9 Å². The molecule has 0 saturated carbocycles. The second-order valence-corrected chi connectivity index (χ2v) is 5.15. The van der Waals surface area contributed by atoms with E-state index in [9.17, 15) is 14.3 Å². The van der Waals surface area contributed by atoms with Crippen LogP contribution in [-0.4, -0.2) is 41.6 Å². The number of carbonyl (C=O) groups is 1. The lowest BCUT2D eigenvalue weighted by molar-refractivity contribution is 0.0697. The SMILES string of the molecule is CCCNC1CCN(C(=O)c2c(O)cccc2F)CC1. The van der Waals surface area contributed by atoms with E-state index in [2.05, 4.69) is 12.2 Å². The molecule has 0 unspecified atom stereocenters. The minimum absolute atomic E-state index is 0.215. The molecule has 1 amide bonds. The summed E-state index contributed by atoms with van der Waals surface area (Å²) in [7, 11) is 0. The van der Waals surface area contributed by atoms with Crippen molar-refractivity contribution in [2.45, 2.75) is 32.2 Å². The van der Waals surface area contributed by atoms with Crippen LogP contribution in [0.1, 0.15) is 36.5 Å². The average molecular weight is 280 g/mol. The van der Waals surface area contributed by atoms with Crippen LogP contribution < -0.4 is 5.32 Å². The Hall–Kier alpha value is -1.62. The van der Waals surface area contributed by atoms with E-state index in [1.807, 2.05) is 0 Å². The highest BCUT2D eigenvalue weighted by Gasteiger charge is 2.26. The van der Waals surface area contributed by atoms with E-state index in [-0.39, 0.29) is 11.3 Å². The summed E-state index contributed by atoms with van der Waals surface area (Å²) in [6.45, 7) is 4.28. The summed E-state index contributed by atoms with van der Waals surface area (Å²) in [5, 5.41) is 13.1. The molecular formula is C15H21FN2O2. The van der Waals surface area contributed by atoms with Gasteiger partial charge in [0.25, 0.3) is 5.91 Å². The van der Waals surface area contributed by atoms with Crippen LogP contribution in [-0.2, 0) is 0 Å². The van der Waals surface area contributed by atoms with Gasteiger partial charge in [0, 0.05) is 19.1 Å². The number of likely N-dealkylation sites (tertiary alicyclic amines) is 1. The summed E-state index contributed by atoms with van der Waals surface area (Å²) in [5.41, 5.74) is -0.215. The van der Waals surface area contributed by atoms with Gasteiger partial charge in [0.1, 0.15) is 17.1 Å². The Labute approximate surface area is 118 Å². The van der Waals surface area contributed by atoms with E-state index in [4.69, 9.17) is 0 Å². The maximum Gasteiger partial charge on any atom is 0.260 e. The van der Waals surface area contributed by atoms with Crippen molar-refractivity contribution in [3.05, 3.63) is 29.6 Å². The van der Waals surface area contributed by atoms with Gasteiger partial charge in [0.15, 0.2) is 0 Å². The predicted molar refractivity (Wildman–Crippen MR) is 75.3 cm³/mol. The Kier molecular flexibility index (Phi) is 4.95. The van der Waals surface area contributed by atoms with E-state index in [1.54, 1.807) is 4.90 Å². The second-order valence-electron chi connectivity index (χ2n) is 5.15. The molecule has 0 spiro atoms. The first-order valence-corrected chi connectivity index (χ1v) is 7.13. The molecule has 20 heavy (non-hydrogen) atoms. The number of nitrogens with one attached hydrogen (secondary N) is 1. The van der Waals surface area contributed by atoms with Crippen molar-refractivity contribution in [1.29, 1.82) is 0 Å². The predicted octanol–water partition coefficient (Wildman–Crippen LogP) is 2.14. The molecule has 0 radical (unpaired) electrons. The molecule has 4 nitrogen and oxygen atoms in total. The number of amides is 1. The molecule has 0 aromatic heterocycles. The number of hydrogen-bond acceptors (Lipinski definition) is 3. The molecule has 1 fully saturated rings. The molecule has 1 aromatic rings. The molecule has 0 bridgehead atoms. The van der Waals surface area contributed by atoms with Gasteiger partial charge in [0.05, 0.1) is 0 Å². The van der Waals surface area contributed by atoms with E-state index in [0.717, 1.165) is 25.8 Å². The van der Waals surface area contributed by atoms with Crippen LogP contribution in [0.4, 0.5) is 4.39 Å². The zero-order chi connectivity index (χ0) is 14.5. The Balaban J connectivity index is 1.98. The summed E-state index contributed by atoms with van der Waals surface area (Å²) in [4.78, 5) is 13.9. The van der Waals surface area contributed by atoms with E-state index >= 15 is 0 Å². The van der Waals surface area contributed by atoms with Crippen LogP contribution in [0, 0.1) is 5.82 Å². The fourth-order valence-electron chi connectivity index (χ4n) is 2.52. The Morgan fingerprint density at radius 1 is 1.45 bits per heavy atom. The lowest BCUT2D eigenvalue weighted by Crippen LogP contribution is -2.45. The molecule has 0 atom stereocenters. The molecule has 1 aromatic carbocycles. The van der Waals surface area contributed by atoms with Crippen molar-refractivity contribution in [3.8, 4) is 5.75 Å². The standard InChI is InChI=1S/C15H21FN2O2/c1-2-8-17-11-6-9-18(10-7-11)15(20)14-12(16)4-3-5-13(14)19/h3-5,11,17,19H,2,6-10H2,1H3. The zero-order valence-corrected chi connectivity index (χ0v) is 11.7. The van der Waals surface area contributed by atoms with Crippen LogP contribution in [0.15, 0.2) is 18.2 Å². The van der Waals surface area contributed by atoms with Gasteiger partial charge in [0.2, 0.25) is 0 Å². The van der Waals surface area contributed by atoms with Crippen LogP contribution in [0.25, 0.3) is 0 Å². The van der Waals surface area contributed by atoms with Gasteiger partial charge in [-0.25, -0.2) is 4.39 Å². The average Bonchev–Trinajstić information content (AvgIpc) is 2.45. The third-order valence-electron chi connectivity index (χ3n) is 3.67. The fourth-order valence-corrected chi connectivity index (χ4v) is 2.52. The Bertz CT molecular complexity index is 451. The monoisotopic (exact) mass is 280 g/mol. The number of nitrogens with zero attached hydrogens (tertiary/aromatic N) is 1. The number of benzene rings is 1. The van der Waals surface area contributed by atoms with Gasteiger partial charge in [-0.1, -0.05) is 13.0 Å². The van der Waals surface area contributed by atoms with Crippen LogP contribution in [0.3, 0.4) is 0 Å². The summed E-state index contributed by atoms with van der Waals surface area (Å²) in [6, 6.07) is 4.35. The normalized spacial score (nSPS) is 16.4. The highest BCUT2D eigenvalue weighted by Crippen LogP contribution is 2.23. The van der Waals surface area contributed by atoms with Crippen molar-refractivity contribution in [1.82, 2.24) is 10.2 Å². The quantitative estimate of drug-likeness (QED) is 0.888. The lowest BCUT2D eigenvalue weighted by Gasteiger charge is -2.32. The Morgan fingerprint density at radius 3 is 2.75 bits per heavy atom. The van der Waals surface area contributed by atoms with Crippen molar-refractivity contribution in [3.63, 3.8) is 0 Å². The topological polar surface area (TPSA) is 52.6 Å². The summed E-state index contributed by atoms with van der Waals surface area (Å²) in [5.74, 6) is -1.38. The maximum atomic E-state index is 13.7. The number of phenolic OH excluding ortho intramolecular Hbond substituents is 1. The summed E-state index contributed by atoms with van der Waals surface area (Å²) < 4.78 is 13.7. The molecule has 2 rings (SSSR count). The molecule has 2 N–H and O–H groups in total. The first kappa shape index (κ1) is 14.8. The highest BCUT2D eigenvalue weighted by atomic mass is 19.1. The molecule has 5 heteroatoms. The fraction of sp³-hybridized carbons (Fsp3) is 0.533. The van der Waals surface area contributed by atoms with Crippen molar-refractivity contribution in [2.75, 3.05) is 19.6 Å². The summed E-state index contributed by atoms with van der Waals surface area (Å²) in [6.07, 6.45) is 2.81. The molecular weight excluding hydrogens is 259 g/mol. The maximum absolute atomic E-state index is 13.7. The highest BCUT2D eigenvalue weighted by molar-refractivity contribution is 5.97. The second kappa shape index (κ2) is 6.70. The van der Waals surface area contributed by atoms with Gasteiger partial charge in [-0.3, -0.25) is 4.79 Å². The largest absolute Gasteiger partial charge is 0.507 e. The van der Waals surface area contributed by atoms with Gasteiger partial charge in [-0.2, -0.15) is 0 Å². The van der Waals surface area contributed by atoms with Gasteiger partial charge in [-0.15, -0.1) is 0 Å². The smallest absolute Gasteiger partial charge is 0.260 e. The number of rotatable bonds is 4. The van der Waals surface area contributed by atoms with Crippen LogP contribution in [0.5, 0.6) is 5.75 Å². The molecule has 0 aliphatic carbocycles. The molecule has 110 valence electrons. The van der Waals surface area contributed by atoms with E-state index in [0.29, 0.717) is 19.1 Å². The molecule has 1 aliphatic rings. The number of hydrogen-bond donors (Lipinski definition) is 2. The first-order chi connectivity index (χ1) is 9.63. The van der Waals surface area contributed by atoms with E-state index < -0.39 is 11.7 Å². The zero-order valence-electron chi connectivity index (χ0n) is 11.7. The number of carbonyl (C=O) groups excluding carboxylic acids is 1. The minimum Gasteiger partial charge on any atom is -0.507 e. The van der Waals surface area contributed by atoms with Crippen LogP contribution >= 0.6 is 0 Å².